The number of piperidine rings is 1. The summed E-state index contributed by atoms with van der Waals surface area (Å²) < 4.78 is 10.8. The molecule has 1 saturated heterocycles. The lowest BCUT2D eigenvalue weighted by Crippen LogP contribution is -2.86. The van der Waals surface area contributed by atoms with E-state index in [0.29, 0.717) is 25.6 Å². The highest BCUT2D eigenvalue weighted by molar-refractivity contribution is 5.70. The summed E-state index contributed by atoms with van der Waals surface area (Å²) in [6, 6.07) is 0. The lowest BCUT2D eigenvalue weighted by Gasteiger charge is -2.35. The first-order valence-electron chi connectivity index (χ1n) is 6.78. The van der Waals surface area contributed by atoms with Gasteiger partial charge in [-0.15, -0.1) is 6.58 Å². The normalized spacial score (nSPS) is 17.4. The van der Waals surface area contributed by atoms with Crippen molar-refractivity contribution in [3.63, 3.8) is 0 Å². The maximum absolute atomic E-state index is 11.7. The molecule has 104 valence electrons. The minimum atomic E-state index is -0.357. The molecular formula is C14H26NO3+. The molecule has 1 heterocycles. The molecule has 0 aromatic heterocycles. The molecule has 0 aromatic carbocycles. The first kappa shape index (κ1) is 15.2. The molecule has 0 aromatic rings. The Morgan fingerprint density at radius 1 is 1.44 bits per heavy atom. The van der Waals surface area contributed by atoms with Crippen molar-refractivity contribution in [2.45, 2.75) is 38.7 Å². The van der Waals surface area contributed by atoms with Gasteiger partial charge in [0.2, 0.25) is 0 Å². The summed E-state index contributed by atoms with van der Waals surface area (Å²) in [5, 5.41) is 2.32. The molecule has 0 aliphatic carbocycles. The third-order valence-corrected chi connectivity index (χ3v) is 3.48. The monoisotopic (exact) mass is 256 g/mol. The molecule has 1 aliphatic heterocycles. The van der Waals surface area contributed by atoms with Crippen LogP contribution in [0, 0.1) is 5.92 Å². The summed E-state index contributed by atoms with van der Waals surface area (Å²) in [5.41, 5.74) is -0.357. The molecule has 4 nitrogen and oxygen atoms in total. The molecule has 1 rings (SSSR count). The Kier molecular flexibility index (Phi) is 6.36. The molecule has 2 N–H and O–H groups in total. The maximum Gasteiger partial charge on any atom is 0.308 e. The second kappa shape index (κ2) is 7.54. The van der Waals surface area contributed by atoms with Crippen LogP contribution < -0.4 is 5.32 Å². The van der Waals surface area contributed by atoms with Crippen LogP contribution in [-0.4, -0.2) is 37.9 Å². The zero-order chi connectivity index (χ0) is 13.4. The van der Waals surface area contributed by atoms with Crippen molar-refractivity contribution >= 4 is 5.97 Å². The quantitative estimate of drug-likeness (QED) is 0.418. The van der Waals surface area contributed by atoms with Crippen LogP contribution in [0.5, 0.6) is 0 Å². The topological polar surface area (TPSA) is 52.1 Å². The lowest BCUT2D eigenvalue weighted by molar-refractivity contribution is -0.665. The van der Waals surface area contributed by atoms with Crippen LogP contribution in [0.1, 0.15) is 33.1 Å². The van der Waals surface area contributed by atoms with Crippen LogP contribution in [0.2, 0.25) is 0 Å². The van der Waals surface area contributed by atoms with Gasteiger partial charge in [0, 0.05) is 18.8 Å². The second-order valence-corrected chi connectivity index (χ2v) is 5.33. The number of quaternary nitrogens is 1. The van der Waals surface area contributed by atoms with Crippen LogP contribution in [0.15, 0.2) is 12.7 Å². The molecule has 0 unspecified atom stereocenters. The van der Waals surface area contributed by atoms with Gasteiger partial charge >= 0.3 is 5.97 Å². The van der Waals surface area contributed by atoms with Gasteiger partial charge in [0.15, 0.2) is 0 Å². The molecule has 4 heteroatoms. The fourth-order valence-electron chi connectivity index (χ4n) is 2.37. The van der Waals surface area contributed by atoms with E-state index in [4.69, 9.17) is 9.47 Å². The molecule has 0 atom stereocenters. The molecule has 18 heavy (non-hydrogen) atoms. The summed E-state index contributed by atoms with van der Waals surface area (Å²) in [5.74, 6) is 0.305. The molecule has 1 aliphatic rings. The highest BCUT2D eigenvalue weighted by Gasteiger charge is 2.35. The number of carbonyl (C=O) groups excluding carboxylic acids is 1. The number of ether oxygens (including phenoxy) is 2. The first-order valence-corrected chi connectivity index (χ1v) is 6.78. The zero-order valence-electron chi connectivity index (χ0n) is 11.6. The molecule has 0 amide bonds. The molecule has 0 saturated carbocycles. The van der Waals surface area contributed by atoms with Crippen LogP contribution in [0.25, 0.3) is 0 Å². The number of carbonyl (C=O) groups is 1. The summed E-state index contributed by atoms with van der Waals surface area (Å²) in [7, 11) is 0. The molecule has 0 bridgehead atoms. The largest absolute Gasteiger partial charge is 0.459 e. The average Bonchev–Trinajstić information content (AvgIpc) is 2.35. The van der Waals surface area contributed by atoms with E-state index >= 15 is 0 Å². The number of rotatable bonds is 7. The van der Waals surface area contributed by atoms with Gasteiger partial charge in [-0.3, -0.25) is 4.79 Å². The summed E-state index contributed by atoms with van der Waals surface area (Å²) in [4.78, 5) is 11.7. The van der Waals surface area contributed by atoms with Gasteiger partial charge in [0.25, 0.3) is 0 Å². The second-order valence-electron chi connectivity index (χ2n) is 5.33. The molecular weight excluding hydrogens is 230 g/mol. The number of hydrogen-bond donors (Lipinski definition) is 1. The summed E-state index contributed by atoms with van der Waals surface area (Å²) in [6.45, 7) is 10.7. The van der Waals surface area contributed by atoms with Crippen LogP contribution >= 0.6 is 0 Å². The van der Waals surface area contributed by atoms with E-state index in [1.807, 2.05) is 13.8 Å². The predicted molar refractivity (Wildman–Crippen MR) is 70.2 cm³/mol. The highest BCUT2D eigenvalue weighted by atomic mass is 16.6. The van der Waals surface area contributed by atoms with E-state index in [-0.39, 0.29) is 11.6 Å². The van der Waals surface area contributed by atoms with Gasteiger partial charge in [-0.1, -0.05) is 6.08 Å². The maximum atomic E-state index is 11.7. The molecule has 1 fully saturated rings. The Balaban J connectivity index is 2.29. The molecule has 0 spiro atoms. The van der Waals surface area contributed by atoms with Gasteiger partial charge in [-0.2, -0.15) is 0 Å². The Bertz CT molecular complexity index is 270. The Morgan fingerprint density at radius 2 is 2.11 bits per heavy atom. The minimum absolute atomic E-state index is 0.168. The minimum Gasteiger partial charge on any atom is -0.459 e. The van der Waals surface area contributed by atoms with E-state index < -0.39 is 0 Å². The number of nitrogens with two attached hydrogens (primary N) is 1. The fraction of sp³-hybridized carbons (Fsp3) is 0.786. The van der Waals surface area contributed by atoms with E-state index in [2.05, 4.69) is 11.9 Å². The van der Waals surface area contributed by atoms with Gasteiger partial charge in [0.1, 0.15) is 5.60 Å². The van der Waals surface area contributed by atoms with E-state index in [1.54, 1.807) is 6.08 Å². The summed E-state index contributed by atoms with van der Waals surface area (Å²) >= 11 is 0. The Hall–Kier alpha value is -0.870. The van der Waals surface area contributed by atoms with Crippen LogP contribution in [-0.2, 0) is 14.3 Å². The van der Waals surface area contributed by atoms with Crippen LogP contribution in [0.4, 0.5) is 0 Å². The van der Waals surface area contributed by atoms with Crippen molar-refractivity contribution in [2.75, 3.05) is 26.3 Å². The van der Waals surface area contributed by atoms with Crippen molar-refractivity contribution in [2.24, 2.45) is 5.92 Å². The van der Waals surface area contributed by atoms with Gasteiger partial charge < -0.3 is 14.8 Å². The van der Waals surface area contributed by atoms with E-state index in [9.17, 15) is 4.79 Å². The lowest BCUT2D eigenvalue weighted by atomic mass is 9.83. The van der Waals surface area contributed by atoms with Gasteiger partial charge in [-0.25, -0.2) is 0 Å². The summed E-state index contributed by atoms with van der Waals surface area (Å²) in [6.07, 6.45) is 4.23. The van der Waals surface area contributed by atoms with E-state index in [0.717, 1.165) is 25.9 Å². The Morgan fingerprint density at radius 3 is 2.72 bits per heavy atom. The van der Waals surface area contributed by atoms with Crippen molar-refractivity contribution in [3.8, 4) is 0 Å². The third kappa shape index (κ3) is 5.19. The number of hydrogen-bond acceptors (Lipinski definition) is 3. The Labute approximate surface area is 110 Å². The van der Waals surface area contributed by atoms with Crippen LogP contribution in [0.3, 0.4) is 0 Å². The first-order chi connectivity index (χ1) is 8.56. The fourth-order valence-corrected chi connectivity index (χ4v) is 2.37. The smallest absolute Gasteiger partial charge is 0.308 e. The standard InChI is InChI=1S/C14H25NO3/c1-4-10-17-11-7-13(16)18-14(2,3)12-5-8-15-9-6-12/h4,12,15H,1,5-11H2,2-3H3/p+1. The third-order valence-electron chi connectivity index (χ3n) is 3.48. The predicted octanol–water partition coefficient (Wildman–Crippen LogP) is 0.874. The van der Waals surface area contributed by atoms with Gasteiger partial charge in [-0.05, 0) is 13.8 Å². The van der Waals surface area contributed by atoms with Crippen molar-refractivity contribution in [1.29, 1.82) is 0 Å². The van der Waals surface area contributed by atoms with Gasteiger partial charge in [0.05, 0.1) is 32.7 Å². The van der Waals surface area contributed by atoms with Crippen molar-refractivity contribution < 1.29 is 19.6 Å². The SMILES string of the molecule is C=CCOCCC(=O)OC(C)(C)C1CC[NH2+]CC1. The molecule has 0 radical (unpaired) electrons. The zero-order valence-corrected chi connectivity index (χ0v) is 11.6. The average molecular weight is 256 g/mol. The highest BCUT2D eigenvalue weighted by Crippen LogP contribution is 2.28. The van der Waals surface area contributed by atoms with Crippen molar-refractivity contribution in [1.82, 2.24) is 0 Å². The van der Waals surface area contributed by atoms with Crippen molar-refractivity contribution in [3.05, 3.63) is 12.7 Å². The number of esters is 1. The van der Waals surface area contributed by atoms with E-state index in [1.165, 1.54) is 0 Å².